The maximum atomic E-state index is 15.0. The van der Waals surface area contributed by atoms with Gasteiger partial charge in [0, 0.05) is 28.1 Å². The van der Waals surface area contributed by atoms with Crippen molar-refractivity contribution in [1.82, 2.24) is 9.97 Å². The zero-order chi connectivity index (χ0) is 23.5. The Morgan fingerprint density at radius 3 is 2.59 bits per heavy atom. The van der Waals surface area contributed by atoms with Crippen molar-refractivity contribution in [3.63, 3.8) is 0 Å². The van der Waals surface area contributed by atoms with Crippen LogP contribution in [0, 0.1) is 11.6 Å². The highest BCUT2D eigenvalue weighted by Crippen LogP contribution is 2.34. The van der Waals surface area contributed by atoms with Gasteiger partial charge in [0.15, 0.2) is 11.6 Å². The molecule has 34 heavy (non-hydrogen) atoms. The Labute approximate surface area is 206 Å². The molecule has 1 fully saturated rings. The number of nitrogens with one attached hydrogen (secondary N) is 2. The third-order valence-corrected chi connectivity index (χ3v) is 7.36. The summed E-state index contributed by atoms with van der Waals surface area (Å²) in [6.45, 7) is 0. The largest absolute Gasteiger partial charge is 0.351 e. The molecule has 1 saturated carbocycles. The minimum absolute atomic E-state index is 0.0497. The Kier molecular flexibility index (Phi) is 6.83. The van der Waals surface area contributed by atoms with E-state index in [9.17, 15) is 8.78 Å². The van der Waals surface area contributed by atoms with Gasteiger partial charge < -0.3 is 10.0 Å². The molecule has 1 heterocycles. The molecule has 3 aromatic carbocycles. The van der Waals surface area contributed by atoms with Crippen LogP contribution >= 0.6 is 23.5 Å². The van der Waals surface area contributed by atoms with E-state index in [-0.39, 0.29) is 11.3 Å². The molecule has 1 aliphatic carbocycles. The predicted molar refractivity (Wildman–Crippen MR) is 136 cm³/mol. The van der Waals surface area contributed by atoms with Crippen LogP contribution in [0.1, 0.15) is 32.1 Å². The topological polar surface area (TPSA) is 49.8 Å². The van der Waals surface area contributed by atoms with Gasteiger partial charge in [-0.3, -0.25) is 0 Å². The van der Waals surface area contributed by atoms with Gasteiger partial charge in [-0.15, -0.1) is 0 Å². The van der Waals surface area contributed by atoms with E-state index < -0.39 is 11.6 Å². The van der Waals surface area contributed by atoms with Crippen LogP contribution in [0.5, 0.6) is 0 Å². The zero-order valence-corrected chi connectivity index (χ0v) is 19.9. The smallest absolute Gasteiger partial charge is 0.223 e. The summed E-state index contributed by atoms with van der Waals surface area (Å²) in [5, 5.41) is 4.72. The summed E-state index contributed by atoms with van der Waals surface area (Å²) in [6, 6.07) is 16.0. The van der Waals surface area contributed by atoms with Crippen LogP contribution in [0.3, 0.4) is 0 Å². The molecule has 8 heteroatoms. The van der Waals surface area contributed by atoms with Gasteiger partial charge in [0.05, 0.1) is 16.2 Å². The highest BCUT2D eigenvalue weighted by atomic mass is 35.5. The summed E-state index contributed by atoms with van der Waals surface area (Å²) < 4.78 is 32.7. The minimum atomic E-state index is -0.944. The molecule has 1 aliphatic rings. The first-order valence-electron chi connectivity index (χ1n) is 11.3. The molecule has 0 atom stereocenters. The average Bonchev–Trinajstić information content (AvgIpc) is 2.86. The van der Waals surface area contributed by atoms with E-state index in [0.717, 1.165) is 40.6 Å². The van der Waals surface area contributed by atoms with Gasteiger partial charge in [0.1, 0.15) is 0 Å². The quantitative estimate of drug-likeness (QED) is 0.264. The molecule has 0 unspecified atom stereocenters. The van der Waals surface area contributed by atoms with Crippen molar-refractivity contribution in [3.8, 4) is 11.1 Å². The van der Waals surface area contributed by atoms with Crippen molar-refractivity contribution in [3.05, 3.63) is 77.5 Å². The lowest BCUT2D eigenvalue weighted by molar-refractivity contribution is 0.461. The summed E-state index contributed by atoms with van der Waals surface area (Å²) in [6.07, 6.45) is 7.72. The summed E-state index contributed by atoms with van der Waals surface area (Å²) in [4.78, 5) is 9.76. The molecule has 0 aliphatic heterocycles. The van der Waals surface area contributed by atoms with Crippen molar-refractivity contribution in [2.24, 2.45) is 0 Å². The third kappa shape index (κ3) is 4.95. The molecular weight excluding hydrogens is 474 g/mol. The molecule has 5 rings (SSSR count). The lowest BCUT2D eigenvalue weighted by atomic mass is 9.96. The van der Waals surface area contributed by atoms with E-state index in [1.54, 1.807) is 36.5 Å². The molecule has 0 radical (unpaired) electrons. The van der Waals surface area contributed by atoms with Crippen LogP contribution in [0.4, 0.5) is 20.4 Å². The minimum Gasteiger partial charge on any atom is -0.351 e. The highest BCUT2D eigenvalue weighted by molar-refractivity contribution is 8.00. The van der Waals surface area contributed by atoms with E-state index in [4.69, 9.17) is 11.6 Å². The maximum Gasteiger partial charge on any atom is 0.223 e. The van der Waals surface area contributed by atoms with E-state index in [1.807, 2.05) is 18.2 Å². The second kappa shape index (κ2) is 10.2. The molecule has 2 N–H and O–H groups in total. The number of benzene rings is 3. The normalized spacial score (nSPS) is 14.3. The van der Waals surface area contributed by atoms with Gasteiger partial charge in [-0.1, -0.05) is 49.1 Å². The monoisotopic (exact) mass is 496 g/mol. The highest BCUT2D eigenvalue weighted by Gasteiger charge is 2.17. The second-order valence-electron chi connectivity index (χ2n) is 8.37. The van der Waals surface area contributed by atoms with Gasteiger partial charge in [-0.2, -0.15) is 0 Å². The number of rotatable bonds is 6. The zero-order valence-electron chi connectivity index (χ0n) is 18.3. The summed E-state index contributed by atoms with van der Waals surface area (Å²) in [7, 11) is 0. The third-order valence-electron chi connectivity index (χ3n) is 6.02. The summed E-state index contributed by atoms with van der Waals surface area (Å²) >= 11 is 7.26. The molecule has 0 saturated heterocycles. The van der Waals surface area contributed by atoms with Crippen LogP contribution in [0.25, 0.3) is 22.0 Å². The van der Waals surface area contributed by atoms with Crippen LogP contribution < -0.4 is 10.0 Å². The molecule has 174 valence electrons. The number of hydrogen-bond acceptors (Lipinski definition) is 5. The van der Waals surface area contributed by atoms with Crippen LogP contribution in [0.2, 0.25) is 5.02 Å². The van der Waals surface area contributed by atoms with Crippen LogP contribution in [0.15, 0.2) is 65.7 Å². The Bertz CT molecular complexity index is 1330. The van der Waals surface area contributed by atoms with E-state index in [0.29, 0.717) is 22.6 Å². The molecular formula is C26H23ClF2N4S. The fourth-order valence-electron chi connectivity index (χ4n) is 4.19. The Balaban J connectivity index is 1.35. The standard InChI is InChI=1S/C26H23ClF2N4S/c27-20-8-4-5-9-23(20)34-33-22-13-11-19(24(28)25(22)29)16-10-12-21-17(14-16)15-30-26(32-21)31-18-6-2-1-3-7-18/h4-5,8-15,18,33H,1-3,6-7H2,(H,30,31,32). The van der Waals surface area contributed by atoms with Crippen molar-refractivity contribution in [2.75, 3.05) is 10.0 Å². The first-order valence-corrected chi connectivity index (χ1v) is 12.5. The summed E-state index contributed by atoms with van der Waals surface area (Å²) in [5.74, 6) is -1.25. The van der Waals surface area contributed by atoms with E-state index >= 15 is 0 Å². The van der Waals surface area contributed by atoms with Crippen LogP contribution in [-0.4, -0.2) is 16.0 Å². The number of anilines is 2. The number of nitrogens with zero attached hydrogens (tertiary/aromatic N) is 2. The lowest BCUT2D eigenvalue weighted by Gasteiger charge is -2.22. The Morgan fingerprint density at radius 2 is 1.76 bits per heavy atom. The van der Waals surface area contributed by atoms with Crippen molar-refractivity contribution < 1.29 is 8.78 Å². The number of halogens is 3. The number of fused-ring (bicyclic) bond motifs is 1. The lowest BCUT2D eigenvalue weighted by Crippen LogP contribution is -2.23. The van der Waals surface area contributed by atoms with E-state index in [1.165, 1.54) is 25.3 Å². The van der Waals surface area contributed by atoms with Crippen molar-refractivity contribution in [2.45, 2.75) is 43.0 Å². The summed E-state index contributed by atoms with van der Waals surface area (Å²) in [5.41, 5.74) is 1.55. The molecule has 1 aromatic heterocycles. The second-order valence-corrected chi connectivity index (χ2v) is 9.62. The molecule has 0 bridgehead atoms. The number of aromatic nitrogens is 2. The fraction of sp³-hybridized carbons (Fsp3) is 0.231. The van der Waals surface area contributed by atoms with Gasteiger partial charge in [0.25, 0.3) is 0 Å². The molecule has 4 nitrogen and oxygen atoms in total. The molecule has 0 spiro atoms. The van der Waals surface area contributed by atoms with E-state index in [2.05, 4.69) is 20.0 Å². The van der Waals surface area contributed by atoms with Crippen molar-refractivity contribution >= 4 is 46.1 Å². The van der Waals surface area contributed by atoms with Crippen LogP contribution in [-0.2, 0) is 0 Å². The molecule has 4 aromatic rings. The predicted octanol–water partition coefficient (Wildman–Crippen LogP) is 8.09. The van der Waals surface area contributed by atoms with Crippen molar-refractivity contribution in [1.29, 1.82) is 0 Å². The fourth-order valence-corrected chi connectivity index (χ4v) is 5.13. The Hall–Kier alpha value is -2.90. The van der Waals surface area contributed by atoms with Gasteiger partial charge in [-0.25, -0.2) is 18.7 Å². The SMILES string of the molecule is Fc1c(NSc2ccccc2Cl)ccc(-c2ccc3nc(NC4CCCCC4)ncc3c2)c1F. The Morgan fingerprint density at radius 1 is 0.941 bits per heavy atom. The number of hydrogen-bond donors (Lipinski definition) is 2. The van der Waals surface area contributed by atoms with Gasteiger partial charge >= 0.3 is 0 Å². The molecule has 0 amide bonds. The average molecular weight is 497 g/mol. The van der Waals surface area contributed by atoms with Gasteiger partial charge in [-0.05, 0) is 66.8 Å². The first kappa shape index (κ1) is 22.9. The first-order chi connectivity index (χ1) is 16.6. The van der Waals surface area contributed by atoms with Gasteiger partial charge in [0.2, 0.25) is 5.95 Å². The maximum absolute atomic E-state index is 15.0.